The Kier molecular flexibility index (Phi) is 6.50. The minimum absolute atomic E-state index is 0.0126. The van der Waals surface area contributed by atoms with Crippen molar-refractivity contribution in [1.82, 2.24) is 14.9 Å². The number of rotatable bonds is 4. The van der Waals surface area contributed by atoms with Crippen LogP contribution in [0.5, 0.6) is 0 Å². The fourth-order valence-corrected chi connectivity index (χ4v) is 3.40. The first kappa shape index (κ1) is 23.6. The summed E-state index contributed by atoms with van der Waals surface area (Å²) >= 11 is 6.19. The SMILES string of the molecule is C[C@H](NC(=O)OC(C)(C)C)c1nc2cccc(Cl)c2c(=O)n1-c1cc(F)cc(C(F)F)c1. The first-order valence-electron chi connectivity index (χ1n) is 9.67. The van der Waals surface area contributed by atoms with E-state index in [1.807, 2.05) is 0 Å². The monoisotopic (exact) mass is 467 g/mol. The standard InChI is InChI=1S/C22H21ClF3N3O3/c1-11(27-21(31)32-22(2,3)4)19-28-16-7-5-6-15(23)17(16)20(30)29(19)14-9-12(18(25)26)8-13(24)10-14/h5-11,18H,1-4H3,(H,27,31)/t11-/m0/s1. The molecule has 6 nitrogen and oxygen atoms in total. The number of nitrogens with one attached hydrogen (secondary N) is 1. The van der Waals surface area contributed by atoms with Crippen LogP contribution >= 0.6 is 11.6 Å². The second-order valence-electron chi connectivity index (χ2n) is 8.16. The van der Waals surface area contributed by atoms with Crippen LogP contribution in [0.15, 0.2) is 41.2 Å². The number of alkyl halides is 2. The van der Waals surface area contributed by atoms with Crippen LogP contribution in [0.1, 0.15) is 51.6 Å². The van der Waals surface area contributed by atoms with E-state index in [0.717, 1.165) is 16.7 Å². The van der Waals surface area contributed by atoms with Crippen LogP contribution in [0.3, 0.4) is 0 Å². The second-order valence-corrected chi connectivity index (χ2v) is 8.56. The molecule has 0 aliphatic carbocycles. The van der Waals surface area contributed by atoms with Crippen molar-refractivity contribution in [1.29, 1.82) is 0 Å². The summed E-state index contributed by atoms with van der Waals surface area (Å²) in [6, 6.07) is 6.32. The normalized spacial score (nSPS) is 12.8. The number of amides is 1. The summed E-state index contributed by atoms with van der Waals surface area (Å²) in [7, 11) is 0. The Bertz CT molecular complexity index is 1240. The van der Waals surface area contributed by atoms with Gasteiger partial charge in [-0.3, -0.25) is 9.36 Å². The first-order valence-corrected chi connectivity index (χ1v) is 10.0. The molecule has 0 bridgehead atoms. The Balaban J connectivity index is 2.24. The van der Waals surface area contributed by atoms with E-state index in [1.165, 1.54) is 13.0 Å². The van der Waals surface area contributed by atoms with Gasteiger partial charge in [-0.1, -0.05) is 17.7 Å². The molecule has 1 amide bonds. The topological polar surface area (TPSA) is 73.2 Å². The van der Waals surface area contributed by atoms with Crippen LogP contribution in [-0.2, 0) is 4.74 Å². The number of hydrogen-bond donors (Lipinski definition) is 1. The molecule has 32 heavy (non-hydrogen) atoms. The van der Waals surface area contributed by atoms with Crippen molar-refractivity contribution in [2.45, 2.75) is 45.8 Å². The third-order valence-corrected chi connectivity index (χ3v) is 4.72. The van der Waals surface area contributed by atoms with Crippen molar-refractivity contribution in [3.63, 3.8) is 0 Å². The van der Waals surface area contributed by atoms with Gasteiger partial charge in [-0.2, -0.15) is 0 Å². The summed E-state index contributed by atoms with van der Waals surface area (Å²) in [5.74, 6) is -0.968. The fraction of sp³-hybridized carbons (Fsp3) is 0.318. The number of carbonyl (C=O) groups is 1. The molecule has 1 atom stereocenters. The minimum atomic E-state index is -2.96. The molecule has 10 heteroatoms. The molecule has 2 aromatic carbocycles. The van der Waals surface area contributed by atoms with Crippen molar-refractivity contribution in [3.8, 4) is 5.69 Å². The number of ether oxygens (including phenoxy) is 1. The average molecular weight is 468 g/mol. The molecule has 0 saturated heterocycles. The third-order valence-electron chi connectivity index (χ3n) is 4.41. The highest BCUT2D eigenvalue weighted by atomic mass is 35.5. The zero-order valence-corrected chi connectivity index (χ0v) is 18.5. The highest BCUT2D eigenvalue weighted by molar-refractivity contribution is 6.35. The molecular formula is C22H21ClF3N3O3. The maximum absolute atomic E-state index is 14.1. The number of nitrogens with zero attached hydrogens (tertiary/aromatic N) is 2. The first-order chi connectivity index (χ1) is 14.9. The number of fused-ring (bicyclic) bond motifs is 1. The molecule has 0 radical (unpaired) electrons. The molecule has 3 rings (SSSR count). The number of carbonyl (C=O) groups excluding carboxylic acids is 1. The van der Waals surface area contributed by atoms with Gasteiger partial charge in [-0.05, 0) is 58.0 Å². The van der Waals surface area contributed by atoms with E-state index in [2.05, 4.69) is 10.3 Å². The predicted molar refractivity (Wildman–Crippen MR) is 115 cm³/mol. The van der Waals surface area contributed by atoms with Gasteiger partial charge < -0.3 is 10.1 Å². The molecule has 0 aliphatic heterocycles. The van der Waals surface area contributed by atoms with Crippen LogP contribution in [0.4, 0.5) is 18.0 Å². The third kappa shape index (κ3) is 5.04. The van der Waals surface area contributed by atoms with Crippen molar-refractivity contribution in [3.05, 3.63) is 69.0 Å². The van der Waals surface area contributed by atoms with Crippen LogP contribution in [-0.4, -0.2) is 21.2 Å². The zero-order valence-electron chi connectivity index (χ0n) is 17.7. The van der Waals surface area contributed by atoms with Crippen molar-refractivity contribution >= 4 is 28.6 Å². The summed E-state index contributed by atoms with van der Waals surface area (Å²) in [6.45, 7) is 6.58. The molecular weight excluding hydrogens is 447 g/mol. The number of halogens is 4. The van der Waals surface area contributed by atoms with Crippen molar-refractivity contribution in [2.24, 2.45) is 0 Å². The lowest BCUT2D eigenvalue weighted by Crippen LogP contribution is -2.37. The zero-order chi connectivity index (χ0) is 23.8. The molecule has 0 spiro atoms. The second kappa shape index (κ2) is 8.82. The van der Waals surface area contributed by atoms with E-state index in [0.29, 0.717) is 6.07 Å². The van der Waals surface area contributed by atoms with Gasteiger partial charge in [0, 0.05) is 5.56 Å². The smallest absolute Gasteiger partial charge is 0.408 e. The Morgan fingerprint density at radius 1 is 1.22 bits per heavy atom. The van der Waals surface area contributed by atoms with Crippen LogP contribution < -0.4 is 10.9 Å². The van der Waals surface area contributed by atoms with Crippen molar-refractivity contribution in [2.75, 3.05) is 0 Å². The Hall–Kier alpha value is -3.07. The van der Waals surface area contributed by atoms with E-state index >= 15 is 0 Å². The Labute approximate surface area is 187 Å². The molecule has 0 fully saturated rings. The van der Waals surface area contributed by atoms with E-state index in [-0.39, 0.29) is 27.4 Å². The molecule has 3 aromatic rings. The van der Waals surface area contributed by atoms with Gasteiger partial charge in [0.25, 0.3) is 12.0 Å². The Morgan fingerprint density at radius 2 is 1.91 bits per heavy atom. The largest absolute Gasteiger partial charge is 0.444 e. The van der Waals surface area contributed by atoms with E-state index in [1.54, 1.807) is 32.9 Å². The molecule has 1 N–H and O–H groups in total. The quantitative estimate of drug-likeness (QED) is 0.534. The molecule has 0 aliphatic rings. The molecule has 1 heterocycles. The molecule has 1 aromatic heterocycles. The summed E-state index contributed by atoms with van der Waals surface area (Å²) in [5, 5.41) is 2.69. The molecule has 0 saturated carbocycles. The van der Waals surface area contributed by atoms with Gasteiger partial charge in [0.05, 0.1) is 27.7 Å². The van der Waals surface area contributed by atoms with Gasteiger partial charge in [-0.25, -0.2) is 22.9 Å². The van der Waals surface area contributed by atoms with Gasteiger partial charge in [-0.15, -0.1) is 0 Å². The fourth-order valence-electron chi connectivity index (χ4n) is 3.15. The average Bonchev–Trinajstić information content (AvgIpc) is 2.65. The number of alkyl carbamates (subject to hydrolysis) is 1. The molecule has 170 valence electrons. The maximum Gasteiger partial charge on any atom is 0.408 e. The number of benzene rings is 2. The van der Waals surface area contributed by atoms with E-state index < -0.39 is 41.1 Å². The van der Waals surface area contributed by atoms with Crippen LogP contribution in [0.25, 0.3) is 16.6 Å². The minimum Gasteiger partial charge on any atom is -0.444 e. The summed E-state index contributed by atoms with van der Waals surface area (Å²) in [4.78, 5) is 30.1. The molecule has 0 unspecified atom stereocenters. The number of aromatic nitrogens is 2. The summed E-state index contributed by atoms with van der Waals surface area (Å²) in [5.41, 5.74) is -2.02. The summed E-state index contributed by atoms with van der Waals surface area (Å²) in [6.07, 6.45) is -3.73. The summed E-state index contributed by atoms with van der Waals surface area (Å²) < 4.78 is 46.9. The van der Waals surface area contributed by atoms with Crippen molar-refractivity contribution < 1.29 is 22.7 Å². The van der Waals surface area contributed by atoms with Gasteiger partial charge in [0.2, 0.25) is 0 Å². The van der Waals surface area contributed by atoms with E-state index in [4.69, 9.17) is 16.3 Å². The van der Waals surface area contributed by atoms with Crippen LogP contribution in [0, 0.1) is 5.82 Å². The van der Waals surface area contributed by atoms with Gasteiger partial charge >= 0.3 is 6.09 Å². The lowest BCUT2D eigenvalue weighted by atomic mass is 10.1. The lowest BCUT2D eigenvalue weighted by Gasteiger charge is -2.23. The Morgan fingerprint density at radius 3 is 2.53 bits per heavy atom. The van der Waals surface area contributed by atoms with Gasteiger partial charge in [0.1, 0.15) is 17.2 Å². The number of hydrogen-bond acceptors (Lipinski definition) is 4. The van der Waals surface area contributed by atoms with E-state index in [9.17, 15) is 22.8 Å². The highest BCUT2D eigenvalue weighted by Gasteiger charge is 2.24. The highest BCUT2D eigenvalue weighted by Crippen LogP contribution is 2.26. The van der Waals surface area contributed by atoms with Gasteiger partial charge in [0.15, 0.2) is 0 Å². The lowest BCUT2D eigenvalue weighted by molar-refractivity contribution is 0.0505. The van der Waals surface area contributed by atoms with Crippen LogP contribution in [0.2, 0.25) is 5.02 Å². The predicted octanol–water partition coefficient (Wildman–Crippen LogP) is 5.70. The maximum atomic E-state index is 14.1.